The van der Waals surface area contributed by atoms with Gasteiger partial charge in [-0.2, -0.15) is 0 Å². The average Bonchev–Trinajstić information content (AvgIpc) is 2.75. The Morgan fingerprint density at radius 3 is 1.97 bits per heavy atom. The van der Waals surface area contributed by atoms with Crippen molar-refractivity contribution in [1.29, 1.82) is 0 Å². The highest BCUT2D eigenvalue weighted by atomic mass is 35.5. The maximum Gasteiger partial charge on any atom is 0.229 e. The predicted molar refractivity (Wildman–Crippen MR) is 133 cm³/mol. The van der Waals surface area contributed by atoms with Crippen LogP contribution in [0, 0.1) is 12.8 Å². The molecule has 3 aromatic rings. The molecule has 7 heteroatoms. The van der Waals surface area contributed by atoms with Crippen LogP contribution in [0.5, 0.6) is 0 Å². The second-order valence-corrected chi connectivity index (χ2v) is 8.44. The van der Waals surface area contributed by atoms with E-state index >= 15 is 0 Å². The van der Waals surface area contributed by atoms with E-state index in [4.69, 9.17) is 34.8 Å². The highest BCUT2D eigenvalue weighted by Crippen LogP contribution is 2.18. The Labute approximate surface area is 203 Å². The molecule has 0 bridgehead atoms. The molecule has 2 N–H and O–H groups in total. The number of aryl methyl sites for hydroxylation is 1. The zero-order valence-corrected chi connectivity index (χ0v) is 19.9. The molecule has 3 aromatic carbocycles. The molecule has 1 atom stereocenters. The number of rotatable bonds is 2. The lowest BCUT2D eigenvalue weighted by atomic mass is 9.98. The molecule has 1 unspecified atom stereocenters. The fourth-order valence-electron chi connectivity index (χ4n) is 2.79. The number of nitrogens with one attached hydrogen (secondary N) is 2. The number of hydrogen-bond donors (Lipinski definition) is 2. The standard InChI is InChI=1S/C12H13ClN2O2.C7H7Cl.C6H5Cl/c13-9-2-1-3-10(6-9)15-12(17)8-4-5-11(16)14-7-8;1-6-3-2-4-7(8)5-6;7-6-4-2-1-3-5-6/h1-3,6,8H,4-5,7H2,(H,14,16)(H,15,17);2-5H,1H3;1-5H. The Hall–Kier alpha value is -2.53. The minimum absolute atomic E-state index is 0.0109. The molecule has 1 fully saturated rings. The summed E-state index contributed by atoms with van der Waals surface area (Å²) in [6, 6.07) is 24.2. The molecule has 2 amide bonds. The third-order valence-corrected chi connectivity index (χ3v) is 5.16. The van der Waals surface area contributed by atoms with E-state index in [-0.39, 0.29) is 17.7 Å². The van der Waals surface area contributed by atoms with Crippen molar-refractivity contribution in [3.05, 3.63) is 99.5 Å². The van der Waals surface area contributed by atoms with Gasteiger partial charge in [-0.1, -0.05) is 71.2 Å². The SMILES string of the molecule is Cc1cccc(Cl)c1.Clc1ccccc1.O=C1CCC(C(=O)Nc2cccc(Cl)c2)CN1. The van der Waals surface area contributed by atoms with Crippen LogP contribution in [0.3, 0.4) is 0 Å². The highest BCUT2D eigenvalue weighted by Gasteiger charge is 2.24. The van der Waals surface area contributed by atoms with Crippen LogP contribution in [0.2, 0.25) is 15.1 Å². The van der Waals surface area contributed by atoms with E-state index in [1.807, 2.05) is 61.5 Å². The van der Waals surface area contributed by atoms with Gasteiger partial charge in [0.2, 0.25) is 11.8 Å². The summed E-state index contributed by atoms with van der Waals surface area (Å²) in [6.07, 6.45) is 1.01. The molecule has 1 aliphatic rings. The van der Waals surface area contributed by atoms with Crippen LogP contribution in [0.15, 0.2) is 78.9 Å². The van der Waals surface area contributed by atoms with Gasteiger partial charge in [-0.15, -0.1) is 0 Å². The van der Waals surface area contributed by atoms with Gasteiger partial charge in [-0.3, -0.25) is 9.59 Å². The third-order valence-electron chi connectivity index (χ3n) is 4.44. The van der Waals surface area contributed by atoms with Gasteiger partial charge in [-0.25, -0.2) is 0 Å². The zero-order chi connectivity index (χ0) is 23.3. The summed E-state index contributed by atoms with van der Waals surface area (Å²) in [6.45, 7) is 2.43. The van der Waals surface area contributed by atoms with Gasteiger partial charge < -0.3 is 10.6 Å². The Morgan fingerprint density at radius 2 is 1.50 bits per heavy atom. The first-order valence-electron chi connectivity index (χ1n) is 10.1. The topological polar surface area (TPSA) is 58.2 Å². The second-order valence-electron chi connectivity index (χ2n) is 7.13. The molecule has 0 saturated carbocycles. The molecule has 1 aliphatic heterocycles. The van der Waals surface area contributed by atoms with Gasteiger partial charge >= 0.3 is 0 Å². The summed E-state index contributed by atoms with van der Waals surface area (Å²) in [5, 5.41) is 7.66. The number of hydrogen-bond acceptors (Lipinski definition) is 2. The van der Waals surface area contributed by atoms with Crippen molar-refractivity contribution in [2.75, 3.05) is 11.9 Å². The molecule has 4 nitrogen and oxygen atoms in total. The quantitative estimate of drug-likeness (QED) is 0.414. The average molecular weight is 492 g/mol. The van der Waals surface area contributed by atoms with Crippen molar-refractivity contribution >= 4 is 52.3 Å². The summed E-state index contributed by atoms with van der Waals surface area (Å²) in [7, 11) is 0. The van der Waals surface area contributed by atoms with E-state index in [9.17, 15) is 9.59 Å². The van der Waals surface area contributed by atoms with E-state index in [2.05, 4.69) is 10.6 Å². The Balaban J connectivity index is 0.000000199. The van der Waals surface area contributed by atoms with E-state index in [0.29, 0.717) is 30.1 Å². The Bertz CT molecular complexity index is 986. The van der Waals surface area contributed by atoms with E-state index in [0.717, 1.165) is 10.0 Å². The highest BCUT2D eigenvalue weighted by molar-refractivity contribution is 6.31. The van der Waals surface area contributed by atoms with Crippen LogP contribution < -0.4 is 10.6 Å². The van der Waals surface area contributed by atoms with Crippen LogP contribution >= 0.6 is 34.8 Å². The van der Waals surface area contributed by atoms with Crippen LogP contribution in [-0.2, 0) is 9.59 Å². The Morgan fingerprint density at radius 1 is 0.875 bits per heavy atom. The van der Waals surface area contributed by atoms with Crippen molar-refractivity contribution in [1.82, 2.24) is 5.32 Å². The second kappa shape index (κ2) is 13.8. The molecule has 0 aliphatic carbocycles. The summed E-state index contributed by atoms with van der Waals surface area (Å²) < 4.78 is 0. The number of benzene rings is 3. The predicted octanol–water partition coefficient (Wildman–Crippen LogP) is 6.79. The number of carbonyl (C=O) groups is 2. The molecule has 32 heavy (non-hydrogen) atoms. The summed E-state index contributed by atoms with van der Waals surface area (Å²) in [4.78, 5) is 22.9. The van der Waals surface area contributed by atoms with E-state index in [1.165, 1.54) is 5.56 Å². The van der Waals surface area contributed by atoms with Crippen molar-refractivity contribution in [3.63, 3.8) is 0 Å². The lowest BCUT2D eigenvalue weighted by Gasteiger charge is -2.21. The van der Waals surface area contributed by atoms with Crippen molar-refractivity contribution in [3.8, 4) is 0 Å². The molecule has 168 valence electrons. The molecule has 1 heterocycles. The maximum atomic E-state index is 11.9. The first-order valence-corrected chi connectivity index (χ1v) is 11.2. The molecule has 4 rings (SSSR count). The number of halogens is 3. The van der Waals surface area contributed by atoms with E-state index in [1.54, 1.807) is 24.3 Å². The monoisotopic (exact) mass is 490 g/mol. The molecule has 0 radical (unpaired) electrons. The lowest BCUT2D eigenvalue weighted by Crippen LogP contribution is -2.40. The van der Waals surface area contributed by atoms with Gasteiger partial charge in [0.05, 0.1) is 5.92 Å². The van der Waals surface area contributed by atoms with Gasteiger partial charge in [0, 0.05) is 33.7 Å². The molecule has 1 saturated heterocycles. The molecular weight excluding hydrogens is 467 g/mol. The first-order chi connectivity index (χ1) is 15.3. The van der Waals surface area contributed by atoms with Crippen LogP contribution in [0.4, 0.5) is 5.69 Å². The normalized spacial score (nSPS) is 14.6. The summed E-state index contributed by atoms with van der Waals surface area (Å²) >= 11 is 17.0. The number of piperidine rings is 1. The van der Waals surface area contributed by atoms with Crippen LogP contribution in [0.1, 0.15) is 18.4 Å². The number of anilines is 1. The molecular formula is C25H25Cl3N2O2. The fraction of sp³-hybridized carbons (Fsp3) is 0.200. The largest absolute Gasteiger partial charge is 0.355 e. The van der Waals surface area contributed by atoms with Gasteiger partial charge in [0.15, 0.2) is 0 Å². The minimum Gasteiger partial charge on any atom is -0.355 e. The van der Waals surface area contributed by atoms with E-state index < -0.39 is 0 Å². The third kappa shape index (κ3) is 10.2. The van der Waals surface area contributed by atoms with Gasteiger partial charge in [-0.05, 0) is 61.4 Å². The van der Waals surface area contributed by atoms with Crippen molar-refractivity contribution in [2.45, 2.75) is 19.8 Å². The number of amides is 2. The zero-order valence-electron chi connectivity index (χ0n) is 17.7. The van der Waals surface area contributed by atoms with Gasteiger partial charge in [0.1, 0.15) is 0 Å². The minimum atomic E-state index is -0.160. The smallest absolute Gasteiger partial charge is 0.229 e. The first kappa shape index (κ1) is 25.7. The molecule has 0 spiro atoms. The van der Waals surface area contributed by atoms with Crippen molar-refractivity contribution in [2.24, 2.45) is 5.92 Å². The molecule has 0 aromatic heterocycles. The van der Waals surface area contributed by atoms with Crippen molar-refractivity contribution < 1.29 is 9.59 Å². The summed E-state index contributed by atoms with van der Waals surface area (Å²) in [5.41, 5.74) is 1.89. The summed E-state index contributed by atoms with van der Waals surface area (Å²) in [5.74, 6) is -0.226. The fourth-order valence-corrected chi connectivity index (χ4v) is 3.37. The number of carbonyl (C=O) groups excluding carboxylic acids is 2. The lowest BCUT2D eigenvalue weighted by molar-refractivity contribution is -0.126. The van der Waals surface area contributed by atoms with Crippen LogP contribution in [0.25, 0.3) is 0 Å². The van der Waals surface area contributed by atoms with Gasteiger partial charge in [0.25, 0.3) is 0 Å². The van der Waals surface area contributed by atoms with Crippen LogP contribution in [-0.4, -0.2) is 18.4 Å². The Kier molecular flexibility index (Phi) is 11.1. The maximum absolute atomic E-state index is 11.9.